The number of carbonyl (C=O) groups excluding carboxylic acids is 1. The molecule has 0 heterocycles. The summed E-state index contributed by atoms with van der Waals surface area (Å²) in [5.41, 5.74) is 2.88. The van der Waals surface area contributed by atoms with Crippen molar-refractivity contribution in [2.45, 2.75) is 57.8 Å². The molecule has 0 N–H and O–H groups in total. The summed E-state index contributed by atoms with van der Waals surface area (Å²) >= 11 is 0. The molecule has 3 rings (SSSR count). The highest BCUT2D eigenvalue weighted by molar-refractivity contribution is 5.99. The topological polar surface area (TPSA) is 17.1 Å². The number of Topliss-reactive ketones (excluding diaryl/α,β-unsaturated/α-hetero) is 1. The summed E-state index contributed by atoms with van der Waals surface area (Å²) < 4.78 is 0. The lowest BCUT2D eigenvalue weighted by Gasteiger charge is -2.45. The van der Waals surface area contributed by atoms with Gasteiger partial charge in [0.2, 0.25) is 0 Å². The van der Waals surface area contributed by atoms with Gasteiger partial charge in [-0.05, 0) is 43.1 Å². The molecule has 0 aromatic carbocycles. The Bertz CT molecular complexity index is 313. The monoisotopic (exact) mass is 204 g/mol. The maximum absolute atomic E-state index is 11.9. The molecule has 1 nitrogen and oxygen atoms in total. The van der Waals surface area contributed by atoms with Crippen LogP contribution in [0, 0.1) is 11.8 Å². The third-order valence-electron chi connectivity index (χ3n) is 4.58. The van der Waals surface area contributed by atoms with Gasteiger partial charge in [0.15, 0.2) is 5.78 Å². The van der Waals surface area contributed by atoms with Crippen LogP contribution in [-0.4, -0.2) is 5.78 Å². The van der Waals surface area contributed by atoms with Gasteiger partial charge in [-0.1, -0.05) is 31.3 Å². The first-order valence-electron chi connectivity index (χ1n) is 6.64. The Morgan fingerprint density at radius 1 is 0.800 bits per heavy atom. The van der Waals surface area contributed by atoms with Crippen molar-refractivity contribution in [2.75, 3.05) is 0 Å². The van der Waals surface area contributed by atoms with Crippen molar-refractivity contribution in [3.63, 3.8) is 0 Å². The van der Waals surface area contributed by atoms with Gasteiger partial charge in [-0.2, -0.15) is 0 Å². The molecule has 0 spiro atoms. The van der Waals surface area contributed by atoms with Gasteiger partial charge in [0.1, 0.15) is 0 Å². The molecule has 3 aliphatic carbocycles. The molecule has 0 bridgehead atoms. The Morgan fingerprint density at radius 2 is 1.53 bits per heavy atom. The van der Waals surface area contributed by atoms with Crippen LogP contribution in [0.5, 0.6) is 0 Å². The molecule has 1 saturated carbocycles. The molecule has 0 amide bonds. The van der Waals surface area contributed by atoms with Gasteiger partial charge in [0.25, 0.3) is 0 Å². The van der Waals surface area contributed by atoms with Gasteiger partial charge in [0.05, 0.1) is 0 Å². The van der Waals surface area contributed by atoms with E-state index in [4.69, 9.17) is 0 Å². The second kappa shape index (κ2) is 3.77. The molecule has 0 saturated heterocycles. The van der Waals surface area contributed by atoms with Crippen LogP contribution in [0.3, 0.4) is 0 Å². The van der Waals surface area contributed by atoms with Crippen LogP contribution < -0.4 is 0 Å². The smallest absolute Gasteiger partial charge is 0.159 e. The average Bonchev–Trinajstić information content (AvgIpc) is 2.19. The fraction of sp³-hybridized carbons (Fsp3) is 0.786. The van der Waals surface area contributed by atoms with E-state index in [-0.39, 0.29) is 0 Å². The van der Waals surface area contributed by atoms with Crippen molar-refractivity contribution in [3.05, 3.63) is 11.1 Å². The van der Waals surface area contributed by atoms with E-state index in [2.05, 4.69) is 0 Å². The lowest BCUT2D eigenvalue weighted by Crippen LogP contribution is -2.38. The first-order valence-corrected chi connectivity index (χ1v) is 6.64. The number of hydrogen-bond acceptors (Lipinski definition) is 1. The van der Waals surface area contributed by atoms with Crippen LogP contribution in [0.2, 0.25) is 0 Å². The molecule has 1 fully saturated rings. The maximum Gasteiger partial charge on any atom is 0.159 e. The molecule has 1 heteroatoms. The van der Waals surface area contributed by atoms with Gasteiger partial charge >= 0.3 is 0 Å². The molecule has 15 heavy (non-hydrogen) atoms. The lowest BCUT2D eigenvalue weighted by atomic mass is 9.58. The number of rotatable bonds is 0. The highest BCUT2D eigenvalue weighted by Crippen LogP contribution is 2.52. The number of fused-ring (bicyclic) bond motifs is 3. The van der Waals surface area contributed by atoms with E-state index in [9.17, 15) is 4.79 Å². The molecule has 0 aliphatic heterocycles. The van der Waals surface area contributed by atoms with E-state index in [1.807, 2.05) is 0 Å². The van der Waals surface area contributed by atoms with Gasteiger partial charge in [0, 0.05) is 6.42 Å². The quantitative estimate of drug-likeness (QED) is 0.589. The number of carbonyl (C=O) groups is 1. The van der Waals surface area contributed by atoms with E-state index in [0.717, 1.165) is 18.8 Å². The third-order valence-corrected chi connectivity index (χ3v) is 4.58. The Hall–Kier alpha value is -0.590. The molecule has 2 unspecified atom stereocenters. The Balaban J connectivity index is 1.85. The molecular formula is C14H20O. The number of ketones is 1. The minimum atomic E-state index is 0.498. The first-order chi connectivity index (χ1) is 7.38. The highest BCUT2D eigenvalue weighted by Gasteiger charge is 2.43. The van der Waals surface area contributed by atoms with E-state index >= 15 is 0 Å². The predicted molar refractivity (Wildman–Crippen MR) is 60.6 cm³/mol. The van der Waals surface area contributed by atoms with Crippen LogP contribution in [-0.2, 0) is 4.79 Å². The fourth-order valence-corrected chi connectivity index (χ4v) is 3.87. The largest absolute Gasteiger partial charge is 0.295 e. The van der Waals surface area contributed by atoms with Crippen LogP contribution in [0.25, 0.3) is 0 Å². The minimum absolute atomic E-state index is 0.498. The normalized spacial score (nSPS) is 36.1. The Morgan fingerprint density at radius 3 is 2.33 bits per heavy atom. The van der Waals surface area contributed by atoms with Crippen LogP contribution in [0.15, 0.2) is 11.1 Å². The van der Waals surface area contributed by atoms with Gasteiger partial charge in [-0.25, -0.2) is 0 Å². The Kier molecular flexibility index (Phi) is 2.42. The summed E-state index contributed by atoms with van der Waals surface area (Å²) in [4.78, 5) is 11.9. The standard InChI is InChI=1S/C14H20O/c15-13-9-5-8-12-10-6-3-1-2-4-7-11(10)14(12)13/h10-11H,1-9H2. The van der Waals surface area contributed by atoms with Crippen molar-refractivity contribution >= 4 is 5.78 Å². The summed E-state index contributed by atoms with van der Waals surface area (Å²) in [7, 11) is 0. The van der Waals surface area contributed by atoms with E-state index in [1.165, 1.54) is 50.5 Å². The van der Waals surface area contributed by atoms with Crippen molar-refractivity contribution in [2.24, 2.45) is 11.8 Å². The second-order valence-corrected chi connectivity index (χ2v) is 5.42. The minimum Gasteiger partial charge on any atom is -0.295 e. The third kappa shape index (κ3) is 1.47. The van der Waals surface area contributed by atoms with Crippen molar-refractivity contribution in [1.82, 2.24) is 0 Å². The van der Waals surface area contributed by atoms with E-state index in [1.54, 1.807) is 5.57 Å². The predicted octanol–water partition coefficient (Wildman–Crippen LogP) is 3.64. The summed E-state index contributed by atoms with van der Waals surface area (Å²) in [5, 5.41) is 0. The average molecular weight is 204 g/mol. The van der Waals surface area contributed by atoms with Crippen molar-refractivity contribution in [1.29, 1.82) is 0 Å². The lowest BCUT2D eigenvalue weighted by molar-refractivity contribution is -0.117. The van der Waals surface area contributed by atoms with Crippen molar-refractivity contribution in [3.8, 4) is 0 Å². The Labute approximate surface area is 91.9 Å². The van der Waals surface area contributed by atoms with Gasteiger partial charge in [-0.15, -0.1) is 0 Å². The maximum atomic E-state index is 11.9. The molecule has 0 aromatic rings. The zero-order chi connectivity index (χ0) is 10.3. The molecule has 3 aliphatic rings. The SMILES string of the molecule is O=C1CCCC2=C1C1CCCCCCC21. The van der Waals surface area contributed by atoms with Crippen LogP contribution in [0.1, 0.15) is 57.8 Å². The summed E-state index contributed by atoms with van der Waals surface area (Å²) in [6, 6.07) is 0. The second-order valence-electron chi connectivity index (χ2n) is 5.42. The molecular weight excluding hydrogens is 184 g/mol. The van der Waals surface area contributed by atoms with Gasteiger partial charge in [-0.3, -0.25) is 4.79 Å². The molecule has 0 radical (unpaired) electrons. The molecule has 82 valence electrons. The fourth-order valence-electron chi connectivity index (χ4n) is 3.87. The van der Waals surface area contributed by atoms with E-state index < -0.39 is 0 Å². The summed E-state index contributed by atoms with van der Waals surface area (Å²) in [5.74, 6) is 2.01. The van der Waals surface area contributed by atoms with Crippen molar-refractivity contribution < 1.29 is 4.79 Å². The zero-order valence-electron chi connectivity index (χ0n) is 9.43. The first kappa shape index (κ1) is 9.62. The zero-order valence-corrected chi connectivity index (χ0v) is 9.43. The van der Waals surface area contributed by atoms with Crippen LogP contribution >= 0.6 is 0 Å². The molecule has 0 aromatic heterocycles. The van der Waals surface area contributed by atoms with E-state index in [0.29, 0.717) is 11.7 Å². The van der Waals surface area contributed by atoms with Crippen LogP contribution in [0.4, 0.5) is 0 Å². The van der Waals surface area contributed by atoms with Gasteiger partial charge < -0.3 is 0 Å². The summed E-state index contributed by atoms with van der Waals surface area (Å²) in [6.07, 6.45) is 11.4. The number of allylic oxidation sites excluding steroid dienone is 2. The molecule has 2 atom stereocenters. The number of hydrogen-bond donors (Lipinski definition) is 0. The highest BCUT2D eigenvalue weighted by atomic mass is 16.1. The summed E-state index contributed by atoms with van der Waals surface area (Å²) in [6.45, 7) is 0.